The molecule has 1 amide bonds. The van der Waals surface area contributed by atoms with E-state index in [2.05, 4.69) is 5.32 Å². The molecule has 1 aliphatic rings. The first-order valence-corrected chi connectivity index (χ1v) is 7.17. The van der Waals surface area contributed by atoms with Gasteiger partial charge in [-0.05, 0) is 31.2 Å². The third-order valence-electron chi connectivity index (χ3n) is 3.29. The summed E-state index contributed by atoms with van der Waals surface area (Å²) in [5, 5.41) is 2.83. The Balaban J connectivity index is 1.84. The molecule has 2 rings (SSSR count). The van der Waals surface area contributed by atoms with Crippen LogP contribution in [-0.4, -0.2) is 51.3 Å². The average molecular weight is 293 g/mol. The summed E-state index contributed by atoms with van der Waals surface area (Å²) in [5.41, 5.74) is 1.16. The summed E-state index contributed by atoms with van der Waals surface area (Å²) < 4.78 is 10.2. The summed E-state index contributed by atoms with van der Waals surface area (Å²) >= 11 is 0. The third-order valence-corrected chi connectivity index (χ3v) is 3.29. The number of quaternary nitrogens is 1. The second-order valence-corrected chi connectivity index (χ2v) is 4.89. The summed E-state index contributed by atoms with van der Waals surface area (Å²) in [6.45, 7) is 5.67. The Morgan fingerprint density at radius 3 is 2.52 bits per heavy atom. The topological polar surface area (TPSA) is 69.1 Å². The highest BCUT2D eigenvalue weighted by Crippen LogP contribution is 2.10. The van der Waals surface area contributed by atoms with Gasteiger partial charge in [0.1, 0.15) is 13.1 Å². The van der Waals surface area contributed by atoms with Gasteiger partial charge in [0, 0.05) is 5.69 Å². The molecular formula is C15H21N2O4+. The van der Waals surface area contributed by atoms with E-state index in [0.29, 0.717) is 37.6 Å². The Kier molecular flexibility index (Phi) is 5.71. The fourth-order valence-electron chi connectivity index (χ4n) is 2.17. The Bertz CT molecular complexity index is 481. The number of carbonyl (C=O) groups excluding carboxylic acids is 2. The van der Waals surface area contributed by atoms with Crippen LogP contribution >= 0.6 is 0 Å². The van der Waals surface area contributed by atoms with Crippen LogP contribution in [0.2, 0.25) is 0 Å². The number of ether oxygens (including phenoxy) is 2. The lowest BCUT2D eigenvalue weighted by atomic mass is 10.2. The van der Waals surface area contributed by atoms with Crippen molar-refractivity contribution in [1.82, 2.24) is 0 Å². The van der Waals surface area contributed by atoms with Crippen molar-refractivity contribution in [3.63, 3.8) is 0 Å². The summed E-state index contributed by atoms with van der Waals surface area (Å²) in [4.78, 5) is 24.7. The molecule has 1 aromatic rings. The quantitative estimate of drug-likeness (QED) is 0.733. The Morgan fingerprint density at radius 1 is 1.24 bits per heavy atom. The molecule has 0 atom stereocenters. The summed E-state index contributed by atoms with van der Waals surface area (Å²) in [6, 6.07) is 6.71. The van der Waals surface area contributed by atoms with Crippen molar-refractivity contribution in [1.29, 1.82) is 0 Å². The molecule has 21 heavy (non-hydrogen) atoms. The number of rotatable bonds is 5. The first-order chi connectivity index (χ1) is 10.2. The van der Waals surface area contributed by atoms with E-state index < -0.39 is 0 Å². The van der Waals surface area contributed by atoms with E-state index in [-0.39, 0.29) is 11.9 Å². The lowest BCUT2D eigenvalue weighted by Gasteiger charge is -2.23. The second kappa shape index (κ2) is 7.75. The predicted octanol–water partition coefficient (Wildman–Crippen LogP) is -0.283. The van der Waals surface area contributed by atoms with E-state index in [1.807, 2.05) is 0 Å². The monoisotopic (exact) mass is 293 g/mol. The molecule has 1 fully saturated rings. The van der Waals surface area contributed by atoms with Crippen LogP contribution in [0.1, 0.15) is 17.3 Å². The SMILES string of the molecule is CCOC(=O)c1ccc(NC(=O)C[NH+]2CCOCC2)cc1. The highest BCUT2D eigenvalue weighted by Gasteiger charge is 2.17. The van der Waals surface area contributed by atoms with E-state index >= 15 is 0 Å². The first-order valence-electron chi connectivity index (χ1n) is 7.17. The van der Waals surface area contributed by atoms with Crippen LogP contribution in [0.15, 0.2) is 24.3 Å². The van der Waals surface area contributed by atoms with E-state index in [1.165, 1.54) is 4.90 Å². The number of hydrogen-bond acceptors (Lipinski definition) is 4. The number of hydrogen-bond donors (Lipinski definition) is 2. The van der Waals surface area contributed by atoms with Crippen molar-refractivity contribution in [2.45, 2.75) is 6.92 Å². The molecule has 1 saturated heterocycles. The third kappa shape index (κ3) is 4.84. The van der Waals surface area contributed by atoms with Crippen molar-refractivity contribution in [2.24, 2.45) is 0 Å². The molecule has 0 aromatic heterocycles. The van der Waals surface area contributed by atoms with Crippen LogP contribution in [-0.2, 0) is 14.3 Å². The number of anilines is 1. The fraction of sp³-hybridized carbons (Fsp3) is 0.467. The standard InChI is InChI=1S/C15H20N2O4/c1-2-21-15(19)12-3-5-13(6-4-12)16-14(18)11-17-7-9-20-10-8-17/h3-6H,2,7-11H2,1H3,(H,16,18)/p+1. The molecule has 0 unspecified atom stereocenters. The number of amides is 1. The Labute approximate surface area is 124 Å². The van der Waals surface area contributed by atoms with Gasteiger partial charge in [0.15, 0.2) is 6.54 Å². The highest BCUT2D eigenvalue weighted by atomic mass is 16.5. The van der Waals surface area contributed by atoms with Gasteiger partial charge < -0.3 is 19.7 Å². The van der Waals surface area contributed by atoms with Crippen LogP contribution < -0.4 is 10.2 Å². The molecule has 0 aliphatic carbocycles. The number of esters is 1. The van der Waals surface area contributed by atoms with E-state index in [0.717, 1.165) is 13.1 Å². The van der Waals surface area contributed by atoms with Crippen LogP contribution in [0.4, 0.5) is 5.69 Å². The normalized spacial score (nSPS) is 15.5. The number of nitrogens with one attached hydrogen (secondary N) is 2. The van der Waals surface area contributed by atoms with Crippen molar-refractivity contribution < 1.29 is 24.0 Å². The van der Waals surface area contributed by atoms with Gasteiger partial charge in [0.25, 0.3) is 5.91 Å². The minimum Gasteiger partial charge on any atom is -0.462 e. The second-order valence-electron chi connectivity index (χ2n) is 4.89. The number of morpholine rings is 1. The van der Waals surface area contributed by atoms with Gasteiger partial charge in [-0.2, -0.15) is 0 Å². The van der Waals surface area contributed by atoms with Crippen molar-refractivity contribution >= 4 is 17.6 Å². The zero-order valence-electron chi connectivity index (χ0n) is 12.2. The van der Waals surface area contributed by atoms with Gasteiger partial charge >= 0.3 is 5.97 Å². The van der Waals surface area contributed by atoms with Crippen LogP contribution in [0.3, 0.4) is 0 Å². The zero-order valence-corrected chi connectivity index (χ0v) is 12.2. The molecule has 1 aliphatic heterocycles. The van der Waals surface area contributed by atoms with Gasteiger partial charge in [-0.25, -0.2) is 4.79 Å². The van der Waals surface area contributed by atoms with E-state index in [1.54, 1.807) is 31.2 Å². The van der Waals surface area contributed by atoms with Gasteiger partial charge in [-0.3, -0.25) is 4.79 Å². The zero-order chi connectivity index (χ0) is 15.1. The van der Waals surface area contributed by atoms with Gasteiger partial charge in [0.2, 0.25) is 0 Å². The molecule has 1 heterocycles. The molecular weight excluding hydrogens is 272 g/mol. The van der Waals surface area contributed by atoms with Gasteiger partial charge in [-0.15, -0.1) is 0 Å². The fourth-order valence-corrected chi connectivity index (χ4v) is 2.17. The summed E-state index contributed by atoms with van der Waals surface area (Å²) in [6.07, 6.45) is 0. The highest BCUT2D eigenvalue weighted by molar-refractivity contribution is 5.93. The molecule has 1 aromatic carbocycles. The van der Waals surface area contributed by atoms with Crippen molar-refractivity contribution in [3.05, 3.63) is 29.8 Å². The van der Waals surface area contributed by atoms with Crippen LogP contribution in [0, 0.1) is 0 Å². The molecule has 0 radical (unpaired) electrons. The minimum absolute atomic E-state index is 0.0317. The maximum atomic E-state index is 11.9. The lowest BCUT2D eigenvalue weighted by molar-refractivity contribution is -0.899. The molecule has 0 bridgehead atoms. The smallest absolute Gasteiger partial charge is 0.338 e. The van der Waals surface area contributed by atoms with Crippen molar-refractivity contribution in [2.75, 3.05) is 44.8 Å². The largest absolute Gasteiger partial charge is 0.462 e. The molecule has 6 nitrogen and oxygen atoms in total. The maximum absolute atomic E-state index is 11.9. The van der Waals surface area contributed by atoms with Crippen LogP contribution in [0.5, 0.6) is 0 Å². The Hall–Kier alpha value is -1.92. The van der Waals surface area contributed by atoms with E-state index in [4.69, 9.17) is 9.47 Å². The van der Waals surface area contributed by atoms with Crippen molar-refractivity contribution in [3.8, 4) is 0 Å². The first kappa shape index (κ1) is 15.5. The molecule has 6 heteroatoms. The Morgan fingerprint density at radius 2 is 1.90 bits per heavy atom. The minimum atomic E-state index is -0.354. The molecule has 114 valence electrons. The number of carbonyl (C=O) groups is 2. The molecule has 0 saturated carbocycles. The average Bonchev–Trinajstić information content (AvgIpc) is 2.49. The summed E-state index contributed by atoms with van der Waals surface area (Å²) in [5.74, 6) is -0.385. The predicted molar refractivity (Wildman–Crippen MR) is 77.4 cm³/mol. The number of benzene rings is 1. The lowest BCUT2D eigenvalue weighted by Crippen LogP contribution is -3.15. The van der Waals surface area contributed by atoms with Gasteiger partial charge in [-0.1, -0.05) is 0 Å². The molecule has 0 spiro atoms. The molecule has 2 N–H and O–H groups in total. The maximum Gasteiger partial charge on any atom is 0.338 e. The van der Waals surface area contributed by atoms with Gasteiger partial charge in [0.05, 0.1) is 25.4 Å². The summed E-state index contributed by atoms with van der Waals surface area (Å²) in [7, 11) is 0. The van der Waals surface area contributed by atoms with E-state index in [9.17, 15) is 9.59 Å². The van der Waals surface area contributed by atoms with Crippen LogP contribution in [0.25, 0.3) is 0 Å².